The SMILES string of the molecule is COC(=O)[C@@H](N)c1cc(C)c(OC)c(C)c1. The van der Waals surface area contributed by atoms with Crippen LogP contribution in [0.15, 0.2) is 12.1 Å². The van der Waals surface area contributed by atoms with Crippen LogP contribution in [-0.2, 0) is 9.53 Å². The molecule has 0 bridgehead atoms. The van der Waals surface area contributed by atoms with Crippen LogP contribution in [-0.4, -0.2) is 20.2 Å². The lowest BCUT2D eigenvalue weighted by atomic mass is 10.0. The van der Waals surface area contributed by atoms with Crippen LogP contribution >= 0.6 is 0 Å². The summed E-state index contributed by atoms with van der Waals surface area (Å²) < 4.78 is 9.85. The van der Waals surface area contributed by atoms with Crippen LogP contribution in [0.5, 0.6) is 5.75 Å². The van der Waals surface area contributed by atoms with Gasteiger partial charge in [-0.25, -0.2) is 0 Å². The fraction of sp³-hybridized carbons (Fsp3) is 0.417. The van der Waals surface area contributed by atoms with Gasteiger partial charge in [0.1, 0.15) is 11.8 Å². The molecule has 0 radical (unpaired) electrons. The smallest absolute Gasteiger partial charge is 0.327 e. The maximum atomic E-state index is 11.3. The highest BCUT2D eigenvalue weighted by atomic mass is 16.5. The molecule has 88 valence electrons. The Morgan fingerprint density at radius 3 is 2.12 bits per heavy atom. The zero-order valence-corrected chi connectivity index (χ0v) is 10.0. The van der Waals surface area contributed by atoms with Crippen LogP contribution in [0.4, 0.5) is 0 Å². The minimum atomic E-state index is -0.742. The van der Waals surface area contributed by atoms with Crippen molar-refractivity contribution in [1.82, 2.24) is 0 Å². The van der Waals surface area contributed by atoms with Crippen molar-refractivity contribution in [1.29, 1.82) is 0 Å². The van der Waals surface area contributed by atoms with Crippen molar-refractivity contribution in [2.45, 2.75) is 19.9 Å². The largest absolute Gasteiger partial charge is 0.496 e. The second-order valence-electron chi connectivity index (χ2n) is 3.69. The van der Waals surface area contributed by atoms with Crippen molar-refractivity contribution in [3.63, 3.8) is 0 Å². The highest BCUT2D eigenvalue weighted by molar-refractivity contribution is 5.77. The molecule has 1 aromatic rings. The number of esters is 1. The second kappa shape index (κ2) is 4.99. The summed E-state index contributed by atoms with van der Waals surface area (Å²) in [4.78, 5) is 11.3. The van der Waals surface area contributed by atoms with Gasteiger partial charge in [-0.2, -0.15) is 0 Å². The molecule has 0 aromatic heterocycles. The van der Waals surface area contributed by atoms with E-state index in [0.29, 0.717) is 0 Å². The van der Waals surface area contributed by atoms with Crippen LogP contribution in [0.1, 0.15) is 22.7 Å². The highest BCUT2D eigenvalue weighted by Gasteiger charge is 2.18. The van der Waals surface area contributed by atoms with E-state index in [9.17, 15) is 4.79 Å². The number of benzene rings is 1. The van der Waals surface area contributed by atoms with Crippen molar-refractivity contribution in [3.05, 3.63) is 28.8 Å². The Bertz CT molecular complexity index is 378. The van der Waals surface area contributed by atoms with Crippen LogP contribution < -0.4 is 10.5 Å². The van der Waals surface area contributed by atoms with Gasteiger partial charge < -0.3 is 15.2 Å². The Hall–Kier alpha value is -1.55. The van der Waals surface area contributed by atoms with E-state index < -0.39 is 12.0 Å². The van der Waals surface area contributed by atoms with Gasteiger partial charge in [0.15, 0.2) is 0 Å². The average Bonchev–Trinajstić information content (AvgIpc) is 2.26. The molecule has 0 aliphatic rings. The van der Waals surface area contributed by atoms with E-state index >= 15 is 0 Å². The number of rotatable bonds is 3. The maximum Gasteiger partial charge on any atom is 0.327 e. The molecular formula is C12H17NO3. The minimum absolute atomic E-state index is 0.441. The third-order valence-corrected chi connectivity index (χ3v) is 2.50. The van der Waals surface area contributed by atoms with Crippen LogP contribution in [0, 0.1) is 13.8 Å². The number of nitrogens with two attached hydrogens (primary N) is 1. The van der Waals surface area contributed by atoms with E-state index in [2.05, 4.69) is 4.74 Å². The van der Waals surface area contributed by atoms with Gasteiger partial charge in [-0.3, -0.25) is 4.79 Å². The summed E-state index contributed by atoms with van der Waals surface area (Å²) in [6.45, 7) is 3.83. The molecule has 0 fully saturated rings. The molecule has 0 aliphatic heterocycles. The van der Waals surface area contributed by atoms with Gasteiger partial charge in [0.25, 0.3) is 0 Å². The van der Waals surface area contributed by atoms with Crippen molar-refractivity contribution in [2.75, 3.05) is 14.2 Å². The lowest BCUT2D eigenvalue weighted by molar-refractivity contribution is -0.142. The van der Waals surface area contributed by atoms with Crippen molar-refractivity contribution >= 4 is 5.97 Å². The van der Waals surface area contributed by atoms with Gasteiger partial charge in [0, 0.05) is 0 Å². The lowest BCUT2D eigenvalue weighted by Gasteiger charge is -2.14. The second-order valence-corrected chi connectivity index (χ2v) is 3.69. The number of ether oxygens (including phenoxy) is 2. The molecule has 0 heterocycles. The summed E-state index contributed by atoms with van der Waals surface area (Å²) in [6.07, 6.45) is 0. The molecule has 0 amide bonds. The molecule has 4 nitrogen and oxygen atoms in total. The fourth-order valence-corrected chi connectivity index (χ4v) is 1.75. The molecule has 0 saturated heterocycles. The van der Waals surface area contributed by atoms with Gasteiger partial charge in [-0.05, 0) is 30.5 Å². The van der Waals surface area contributed by atoms with E-state index in [4.69, 9.17) is 10.5 Å². The quantitative estimate of drug-likeness (QED) is 0.788. The Morgan fingerprint density at radius 1 is 1.25 bits per heavy atom. The standard InChI is InChI=1S/C12H17NO3/c1-7-5-9(10(13)12(14)16-4)6-8(2)11(7)15-3/h5-6,10H,13H2,1-4H3/t10-/m0/s1. The molecule has 0 spiro atoms. The third-order valence-electron chi connectivity index (χ3n) is 2.50. The first-order valence-corrected chi connectivity index (χ1v) is 4.99. The molecule has 0 aliphatic carbocycles. The summed E-state index contributed by atoms with van der Waals surface area (Å²) in [5.41, 5.74) is 8.41. The van der Waals surface area contributed by atoms with E-state index in [-0.39, 0.29) is 0 Å². The normalized spacial score (nSPS) is 12.1. The van der Waals surface area contributed by atoms with Crippen molar-refractivity contribution < 1.29 is 14.3 Å². The Kier molecular flexibility index (Phi) is 3.90. The van der Waals surface area contributed by atoms with E-state index in [1.165, 1.54) is 7.11 Å². The molecule has 1 rings (SSSR count). The Morgan fingerprint density at radius 2 is 1.75 bits per heavy atom. The van der Waals surface area contributed by atoms with Crippen LogP contribution in [0.2, 0.25) is 0 Å². The predicted molar refractivity (Wildman–Crippen MR) is 61.4 cm³/mol. The first kappa shape index (κ1) is 12.5. The zero-order chi connectivity index (χ0) is 12.3. The number of carbonyl (C=O) groups is 1. The molecule has 0 saturated carbocycles. The number of hydrogen-bond donors (Lipinski definition) is 1. The topological polar surface area (TPSA) is 61.5 Å². The van der Waals surface area contributed by atoms with Crippen molar-refractivity contribution in [2.24, 2.45) is 5.73 Å². The minimum Gasteiger partial charge on any atom is -0.496 e. The molecule has 0 unspecified atom stereocenters. The zero-order valence-electron chi connectivity index (χ0n) is 10.0. The van der Waals surface area contributed by atoms with Crippen LogP contribution in [0.25, 0.3) is 0 Å². The van der Waals surface area contributed by atoms with Gasteiger partial charge in [0.05, 0.1) is 14.2 Å². The molecule has 1 aromatic carbocycles. The predicted octanol–water partition coefficient (Wildman–Crippen LogP) is 1.48. The van der Waals surface area contributed by atoms with Gasteiger partial charge in [0.2, 0.25) is 0 Å². The summed E-state index contributed by atoms with van der Waals surface area (Å²) in [5, 5.41) is 0. The van der Waals surface area contributed by atoms with Gasteiger partial charge in [-0.1, -0.05) is 12.1 Å². The number of aryl methyl sites for hydroxylation is 2. The first-order valence-electron chi connectivity index (χ1n) is 4.99. The molecular weight excluding hydrogens is 206 g/mol. The summed E-state index contributed by atoms with van der Waals surface area (Å²) in [5.74, 6) is 0.379. The van der Waals surface area contributed by atoms with E-state index in [0.717, 1.165) is 22.4 Å². The maximum absolute atomic E-state index is 11.3. The van der Waals surface area contributed by atoms with Crippen molar-refractivity contribution in [3.8, 4) is 5.75 Å². The molecule has 2 N–H and O–H groups in total. The van der Waals surface area contributed by atoms with E-state index in [1.807, 2.05) is 26.0 Å². The highest BCUT2D eigenvalue weighted by Crippen LogP contribution is 2.26. The monoisotopic (exact) mass is 223 g/mol. The van der Waals surface area contributed by atoms with E-state index in [1.54, 1.807) is 7.11 Å². The molecule has 4 heteroatoms. The summed E-state index contributed by atoms with van der Waals surface area (Å²) >= 11 is 0. The number of methoxy groups -OCH3 is 2. The molecule has 16 heavy (non-hydrogen) atoms. The fourth-order valence-electron chi connectivity index (χ4n) is 1.75. The number of hydrogen-bond acceptors (Lipinski definition) is 4. The lowest BCUT2D eigenvalue weighted by Crippen LogP contribution is -2.22. The van der Waals surface area contributed by atoms with Gasteiger partial charge in [-0.15, -0.1) is 0 Å². The summed E-state index contributed by atoms with van der Waals surface area (Å²) in [7, 11) is 2.95. The Balaban J connectivity index is 3.13. The Labute approximate surface area is 95.3 Å². The third kappa shape index (κ3) is 2.33. The van der Waals surface area contributed by atoms with Crippen LogP contribution in [0.3, 0.4) is 0 Å². The summed E-state index contributed by atoms with van der Waals surface area (Å²) in [6, 6.07) is 2.94. The van der Waals surface area contributed by atoms with Gasteiger partial charge >= 0.3 is 5.97 Å². The number of carbonyl (C=O) groups excluding carboxylic acids is 1. The molecule has 1 atom stereocenters. The first-order chi connectivity index (χ1) is 7.51. The average molecular weight is 223 g/mol.